The van der Waals surface area contributed by atoms with E-state index >= 15 is 0 Å². The Morgan fingerprint density at radius 2 is 1.58 bits per heavy atom. The summed E-state index contributed by atoms with van der Waals surface area (Å²) >= 11 is 6.48. The molecule has 0 radical (unpaired) electrons. The first-order chi connectivity index (χ1) is 22.4. The van der Waals surface area contributed by atoms with Crippen molar-refractivity contribution in [1.82, 2.24) is 25.1 Å². The quantitative estimate of drug-likeness (QED) is 0.0815. The average molecular weight is 708 g/mol. The Kier molecular flexibility index (Phi) is 9.42. The van der Waals surface area contributed by atoms with Crippen LogP contribution in [0, 0.1) is 0 Å². The van der Waals surface area contributed by atoms with Gasteiger partial charge in [0.2, 0.25) is 5.78 Å². The van der Waals surface area contributed by atoms with Gasteiger partial charge in [-0.25, -0.2) is 4.68 Å². The summed E-state index contributed by atoms with van der Waals surface area (Å²) in [6.07, 6.45) is -5.89. The van der Waals surface area contributed by atoms with Crippen LogP contribution < -0.4 is 0 Å². The van der Waals surface area contributed by atoms with Gasteiger partial charge in [-0.3, -0.25) is 9.78 Å². The number of alkyl halides is 6. The maximum Gasteiger partial charge on any atom is 0.416 e. The highest BCUT2D eigenvalue weighted by Gasteiger charge is 2.42. The van der Waals surface area contributed by atoms with Crippen molar-refractivity contribution >= 4 is 25.7 Å². The van der Waals surface area contributed by atoms with E-state index in [-0.39, 0.29) is 40.8 Å². The van der Waals surface area contributed by atoms with Gasteiger partial charge in [0.05, 0.1) is 29.4 Å². The molecule has 1 unspecified atom stereocenters. The predicted molar refractivity (Wildman–Crippen MR) is 166 cm³/mol. The van der Waals surface area contributed by atoms with E-state index in [2.05, 4.69) is 20.5 Å². The summed E-state index contributed by atoms with van der Waals surface area (Å²) in [5.41, 5.74) is -3.76. The third-order valence-corrected chi connectivity index (χ3v) is 8.63. The Balaban J connectivity index is 1.62. The highest BCUT2D eigenvalue weighted by atomic mass is 35.5. The molecule has 0 aliphatic rings. The van der Waals surface area contributed by atoms with Crippen molar-refractivity contribution in [2.75, 3.05) is 0 Å². The molecule has 0 bridgehead atoms. The Bertz CT molecular complexity index is 1910. The summed E-state index contributed by atoms with van der Waals surface area (Å²) in [5.74, 6) is -0.633. The molecule has 5 rings (SSSR count). The fourth-order valence-electron chi connectivity index (χ4n) is 5.41. The van der Waals surface area contributed by atoms with Crippen LogP contribution in [-0.2, 0) is 35.3 Å². The Labute approximate surface area is 276 Å². The molecule has 252 valence electrons. The number of aromatic nitrogens is 5. The van der Waals surface area contributed by atoms with E-state index in [0.29, 0.717) is 22.7 Å². The van der Waals surface area contributed by atoms with E-state index in [1.54, 1.807) is 19.1 Å². The van der Waals surface area contributed by atoms with E-state index in [4.69, 9.17) is 20.6 Å². The van der Waals surface area contributed by atoms with Crippen LogP contribution in [-0.4, -0.2) is 39.2 Å². The summed E-state index contributed by atoms with van der Waals surface area (Å²) in [4.78, 5) is 18.3. The minimum atomic E-state index is -5.05. The zero-order valence-electron chi connectivity index (χ0n) is 25.9. The van der Waals surface area contributed by atoms with Crippen LogP contribution in [0.3, 0.4) is 0 Å². The Morgan fingerprint density at radius 3 is 2.17 bits per heavy atom. The molecule has 0 fully saturated rings. The number of ketones is 1. The van der Waals surface area contributed by atoms with Crippen LogP contribution in [0.5, 0.6) is 0 Å². The van der Waals surface area contributed by atoms with Crippen LogP contribution in [0.2, 0.25) is 24.7 Å². The van der Waals surface area contributed by atoms with E-state index in [0.717, 1.165) is 10.2 Å². The molecule has 0 saturated carbocycles. The lowest BCUT2D eigenvalue weighted by molar-refractivity contribution is -0.143. The molecule has 16 heteroatoms. The van der Waals surface area contributed by atoms with E-state index < -0.39 is 49.7 Å². The monoisotopic (exact) mass is 707 g/mol. The van der Waals surface area contributed by atoms with Gasteiger partial charge in [0.1, 0.15) is 11.3 Å². The van der Waals surface area contributed by atoms with Gasteiger partial charge in [0.15, 0.2) is 19.8 Å². The van der Waals surface area contributed by atoms with Crippen LogP contribution in [0.15, 0.2) is 77.7 Å². The lowest BCUT2D eigenvalue weighted by atomic mass is 9.90. The van der Waals surface area contributed by atoms with Gasteiger partial charge in [-0.15, -0.1) is 5.10 Å². The number of rotatable bonds is 10. The molecular formula is C32H28ClF6N5O3Si. The van der Waals surface area contributed by atoms with E-state index in [1.165, 1.54) is 30.7 Å². The van der Waals surface area contributed by atoms with E-state index in [9.17, 15) is 31.1 Å². The smallest absolute Gasteiger partial charge is 0.405 e. The molecule has 0 amide bonds. The molecule has 2 aromatic carbocycles. The molecule has 1 atom stereocenters. The van der Waals surface area contributed by atoms with Crippen LogP contribution in [0.1, 0.15) is 51.0 Å². The van der Waals surface area contributed by atoms with Crippen LogP contribution >= 0.6 is 11.6 Å². The van der Waals surface area contributed by atoms with Gasteiger partial charge in [-0.05, 0) is 74.1 Å². The zero-order valence-corrected chi connectivity index (χ0v) is 27.7. The van der Waals surface area contributed by atoms with Crippen LogP contribution in [0.4, 0.5) is 26.3 Å². The Morgan fingerprint density at radius 1 is 0.958 bits per heavy atom. The first-order valence-corrected chi connectivity index (χ1v) is 18.2. The van der Waals surface area contributed by atoms with Crippen molar-refractivity contribution < 1.29 is 40.1 Å². The number of hydrogen-bond acceptors (Lipinski definition) is 7. The molecule has 48 heavy (non-hydrogen) atoms. The maximum absolute atomic E-state index is 14.3. The minimum absolute atomic E-state index is 0.0245. The molecule has 0 spiro atoms. The first-order valence-electron chi connectivity index (χ1n) is 14.4. The van der Waals surface area contributed by atoms with Crippen molar-refractivity contribution in [2.45, 2.75) is 57.5 Å². The third-order valence-electron chi connectivity index (χ3n) is 7.20. The number of carbonyl (C=O) groups is 1. The molecule has 3 heterocycles. The molecule has 5 aromatic rings. The predicted octanol–water partition coefficient (Wildman–Crippen LogP) is 8.61. The third kappa shape index (κ3) is 7.69. The van der Waals surface area contributed by atoms with Gasteiger partial charge >= 0.3 is 12.4 Å². The van der Waals surface area contributed by atoms with Crippen molar-refractivity contribution in [3.63, 3.8) is 0 Å². The fourth-order valence-corrected chi connectivity index (χ4v) is 7.13. The maximum atomic E-state index is 14.3. The molecular weight excluding hydrogens is 680 g/mol. The van der Waals surface area contributed by atoms with Crippen molar-refractivity contribution in [1.29, 1.82) is 0 Å². The number of carbonyl (C=O) groups excluding carboxylic acids is 1. The molecule has 0 N–H and O–H groups in total. The second-order valence-corrected chi connectivity index (χ2v) is 17.0. The van der Waals surface area contributed by atoms with Gasteiger partial charge in [-0.2, -0.15) is 26.3 Å². The highest BCUT2D eigenvalue weighted by Crippen LogP contribution is 2.39. The second kappa shape index (κ2) is 12.9. The molecule has 0 aliphatic heterocycles. The molecule has 3 aromatic heterocycles. The van der Waals surface area contributed by atoms with Gasteiger partial charge in [-0.1, -0.05) is 40.2 Å². The van der Waals surface area contributed by atoms with Crippen molar-refractivity contribution in [3.8, 4) is 11.3 Å². The molecule has 0 aliphatic carbocycles. The normalized spacial score (nSPS) is 13.8. The van der Waals surface area contributed by atoms with Crippen molar-refractivity contribution in [3.05, 3.63) is 117 Å². The summed E-state index contributed by atoms with van der Waals surface area (Å²) in [5, 5.41) is 12.4. The zero-order chi connectivity index (χ0) is 35.1. The number of benzene rings is 2. The number of pyridine rings is 1. The summed E-state index contributed by atoms with van der Waals surface area (Å²) in [6, 6.07) is 11.4. The first kappa shape index (κ1) is 35.0. The van der Waals surface area contributed by atoms with Gasteiger partial charge in [0, 0.05) is 29.4 Å². The highest BCUT2D eigenvalue weighted by molar-refractivity contribution is 6.69. The van der Waals surface area contributed by atoms with Gasteiger partial charge < -0.3 is 8.95 Å². The lowest BCUT2D eigenvalue weighted by Gasteiger charge is -2.35. The lowest BCUT2D eigenvalue weighted by Crippen LogP contribution is -2.41. The average Bonchev–Trinajstić information content (AvgIpc) is 3.65. The summed E-state index contributed by atoms with van der Waals surface area (Å²) in [7, 11) is -2.34. The van der Waals surface area contributed by atoms with Crippen molar-refractivity contribution in [2.24, 2.45) is 0 Å². The molecule has 8 nitrogen and oxygen atoms in total. The molecule has 0 saturated heterocycles. The summed E-state index contributed by atoms with van der Waals surface area (Å²) in [6.45, 7) is 7.05. The largest absolute Gasteiger partial charge is 0.416 e. The number of halogens is 7. The number of nitrogens with zero attached hydrogens (tertiary/aromatic N) is 5. The minimum Gasteiger partial charge on any atom is -0.405 e. The SMILES string of the molecule is CC(Cc1ccccc1Cl)(O[Si](C)(C)C)c1oncc1C(=O)c1nnn(Cc2cc(C(F)(F)F)cc(C(F)(F)F)c2)c1-c1ccncc1. The second-order valence-electron chi connectivity index (χ2n) is 12.2. The van der Waals surface area contributed by atoms with E-state index in [1.807, 2.05) is 31.8 Å². The van der Waals surface area contributed by atoms with Gasteiger partial charge in [0.25, 0.3) is 0 Å². The fraction of sp³-hybridized carbons (Fsp3) is 0.281. The standard InChI is InChI=1S/C32H28ClF6N5O3Si/c1-30(47-48(2,3)4,16-21-7-5-6-8-25(21)33)29-24(17-41-46-29)28(45)26-27(20-9-11-40-12-10-20)44(43-42-26)18-19-13-22(31(34,35)36)15-23(14-19)32(37,38)39/h5-15,17H,16,18H2,1-4H3. The van der Waals surface area contributed by atoms with Crippen LogP contribution in [0.25, 0.3) is 11.3 Å². The summed E-state index contributed by atoms with van der Waals surface area (Å²) < 4.78 is 94.9. The topological polar surface area (TPSA) is 95.9 Å². The Hall–Kier alpha value is -4.34. The number of hydrogen-bond donors (Lipinski definition) is 0.